The first-order valence-corrected chi connectivity index (χ1v) is 5.52. The van der Waals surface area contributed by atoms with E-state index in [-0.39, 0.29) is 0 Å². The Labute approximate surface area is 93.5 Å². The van der Waals surface area contributed by atoms with E-state index in [2.05, 4.69) is 11.9 Å². The third-order valence-electron chi connectivity index (χ3n) is 2.11. The minimum absolute atomic E-state index is 0.818. The van der Waals surface area contributed by atoms with Gasteiger partial charge in [0, 0.05) is 27.9 Å². The number of hydrogen-bond donors (Lipinski definition) is 1. The molecule has 0 spiro atoms. The highest BCUT2D eigenvalue weighted by atomic mass is 32.2. The van der Waals surface area contributed by atoms with Gasteiger partial charge in [0.1, 0.15) is 0 Å². The number of nitrogen functional groups attached to an aromatic ring is 1. The molecule has 0 aliphatic rings. The van der Waals surface area contributed by atoms with E-state index >= 15 is 0 Å². The van der Waals surface area contributed by atoms with Crippen molar-refractivity contribution in [2.45, 2.75) is 16.7 Å². The van der Waals surface area contributed by atoms with E-state index in [1.54, 1.807) is 18.0 Å². The number of aryl methyl sites for hydroxylation is 1. The molecule has 0 aliphatic heterocycles. The first-order chi connectivity index (χ1) is 7.27. The van der Waals surface area contributed by atoms with E-state index in [0.717, 1.165) is 10.6 Å². The summed E-state index contributed by atoms with van der Waals surface area (Å²) in [6.07, 6.45) is 3.66. The summed E-state index contributed by atoms with van der Waals surface area (Å²) in [5, 5.41) is 0. The van der Waals surface area contributed by atoms with E-state index in [1.165, 1.54) is 10.5 Å². The molecule has 0 bridgehead atoms. The molecule has 3 heteroatoms. The lowest BCUT2D eigenvalue weighted by Crippen LogP contribution is -1.88. The molecule has 2 aromatic rings. The lowest BCUT2D eigenvalue weighted by Gasteiger charge is -2.06. The van der Waals surface area contributed by atoms with Gasteiger partial charge in [-0.05, 0) is 30.7 Å². The van der Waals surface area contributed by atoms with E-state index in [9.17, 15) is 0 Å². The van der Waals surface area contributed by atoms with Crippen molar-refractivity contribution in [1.29, 1.82) is 0 Å². The quantitative estimate of drug-likeness (QED) is 0.784. The summed E-state index contributed by atoms with van der Waals surface area (Å²) in [7, 11) is 0. The second-order valence-electron chi connectivity index (χ2n) is 3.28. The van der Waals surface area contributed by atoms with Crippen molar-refractivity contribution in [3.05, 3.63) is 48.3 Å². The van der Waals surface area contributed by atoms with Crippen molar-refractivity contribution in [2.24, 2.45) is 0 Å². The fourth-order valence-corrected chi connectivity index (χ4v) is 2.18. The Kier molecular flexibility index (Phi) is 2.92. The van der Waals surface area contributed by atoms with Crippen molar-refractivity contribution in [2.75, 3.05) is 5.73 Å². The summed E-state index contributed by atoms with van der Waals surface area (Å²) in [6, 6.07) is 9.89. The van der Waals surface area contributed by atoms with Crippen LogP contribution in [0.2, 0.25) is 0 Å². The average Bonchev–Trinajstić information content (AvgIpc) is 2.24. The largest absolute Gasteiger partial charge is 0.398 e. The topological polar surface area (TPSA) is 38.9 Å². The molecule has 0 aliphatic carbocycles. The lowest BCUT2D eigenvalue weighted by molar-refractivity contribution is 1.18. The van der Waals surface area contributed by atoms with E-state index in [1.807, 2.05) is 36.5 Å². The van der Waals surface area contributed by atoms with Crippen LogP contribution in [0, 0.1) is 6.92 Å². The molecule has 2 N–H and O–H groups in total. The number of hydrogen-bond acceptors (Lipinski definition) is 3. The molecule has 0 fully saturated rings. The predicted molar refractivity (Wildman–Crippen MR) is 64.0 cm³/mol. The number of aromatic nitrogens is 1. The number of nitrogens with two attached hydrogens (primary N) is 1. The van der Waals surface area contributed by atoms with Gasteiger partial charge < -0.3 is 5.73 Å². The van der Waals surface area contributed by atoms with Gasteiger partial charge in [-0.15, -0.1) is 0 Å². The van der Waals surface area contributed by atoms with Crippen molar-refractivity contribution < 1.29 is 0 Å². The Balaban J connectivity index is 2.30. The van der Waals surface area contributed by atoms with Gasteiger partial charge in [-0.3, -0.25) is 4.98 Å². The van der Waals surface area contributed by atoms with Crippen molar-refractivity contribution in [1.82, 2.24) is 4.98 Å². The summed E-state index contributed by atoms with van der Waals surface area (Å²) in [4.78, 5) is 6.35. The van der Waals surface area contributed by atoms with Crippen LogP contribution in [0.25, 0.3) is 0 Å². The Morgan fingerprint density at radius 3 is 2.67 bits per heavy atom. The molecule has 1 heterocycles. The molecule has 15 heavy (non-hydrogen) atoms. The minimum Gasteiger partial charge on any atom is -0.398 e. The maximum atomic E-state index is 5.88. The van der Waals surface area contributed by atoms with Gasteiger partial charge in [-0.2, -0.15) is 0 Å². The molecule has 1 aromatic carbocycles. The second-order valence-corrected chi connectivity index (χ2v) is 4.36. The number of anilines is 1. The monoisotopic (exact) mass is 216 g/mol. The Bertz CT molecular complexity index is 425. The normalized spacial score (nSPS) is 10.2. The van der Waals surface area contributed by atoms with E-state index < -0.39 is 0 Å². The van der Waals surface area contributed by atoms with Crippen LogP contribution >= 0.6 is 11.8 Å². The van der Waals surface area contributed by atoms with Gasteiger partial charge in [0.05, 0.1) is 0 Å². The maximum Gasteiger partial charge on any atom is 0.0455 e. The highest BCUT2D eigenvalue weighted by Crippen LogP contribution is 2.32. The van der Waals surface area contributed by atoms with Gasteiger partial charge in [0.15, 0.2) is 0 Å². The molecule has 2 nitrogen and oxygen atoms in total. The first-order valence-electron chi connectivity index (χ1n) is 4.70. The third-order valence-corrected chi connectivity index (χ3v) is 3.38. The fraction of sp³-hybridized carbons (Fsp3) is 0.0833. The number of pyridine rings is 1. The fourth-order valence-electron chi connectivity index (χ4n) is 1.27. The van der Waals surface area contributed by atoms with Crippen LogP contribution in [-0.2, 0) is 0 Å². The van der Waals surface area contributed by atoms with Crippen LogP contribution in [0.4, 0.5) is 5.69 Å². The summed E-state index contributed by atoms with van der Waals surface area (Å²) in [5.41, 5.74) is 7.87. The van der Waals surface area contributed by atoms with Gasteiger partial charge >= 0.3 is 0 Å². The molecule has 76 valence electrons. The Morgan fingerprint density at radius 2 is 1.93 bits per heavy atom. The van der Waals surface area contributed by atoms with Crippen LogP contribution < -0.4 is 5.73 Å². The summed E-state index contributed by atoms with van der Waals surface area (Å²) >= 11 is 1.68. The summed E-state index contributed by atoms with van der Waals surface area (Å²) in [6.45, 7) is 2.05. The lowest BCUT2D eigenvalue weighted by atomic mass is 10.3. The van der Waals surface area contributed by atoms with Crippen LogP contribution in [0.1, 0.15) is 5.56 Å². The number of benzene rings is 1. The Morgan fingerprint density at radius 1 is 1.13 bits per heavy atom. The summed E-state index contributed by atoms with van der Waals surface area (Å²) < 4.78 is 0. The maximum absolute atomic E-state index is 5.88. The van der Waals surface area contributed by atoms with Gasteiger partial charge in [0.25, 0.3) is 0 Å². The molecule has 0 radical (unpaired) electrons. The summed E-state index contributed by atoms with van der Waals surface area (Å²) in [5.74, 6) is 0. The van der Waals surface area contributed by atoms with Crippen LogP contribution in [0.15, 0.2) is 52.5 Å². The molecule has 0 amide bonds. The molecule has 0 saturated carbocycles. The number of rotatable bonds is 2. The number of para-hydroxylation sites is 1. The van der Waals surface area contributed by atoms with Crippen LogP contribution in [-0.4, -0.2) is 4.98 Å². The molecule has 0 saturated heterocycles. The highest BCUT2D eigenvalue weighted by Gasteiger charge is 2.02. The first kappa shape index (κ1) is 10.1. The third kappa shape index (κ3) is 2.30. The number of nitrogens with zero attached hydrogens (tertiary/aromatic N) is 1. The van der Waals surface area contributed by atoms with Crippen molar-refractivity contribution >= 4 is 17.4 Å². The Hall–Kier alpha value is -1.48. The second kappa shape index (κ2) is 4.36. The zero-order chi connectivity index (χ0) is 10.7. The SMILES string of the molecule is Cc1cnccc1Sc1ccccc1N. The standard InChI is InChI=1S/C12H12N2S/c1-9-8-14-7-6-11(9)15-12-5-3-2-4-10(12)13/h2-8H,13H2,1H3. The van der Waals surface area contributed by atoms with Crippen molar-refractivity contribution in [3.8, 4) is 0 Å². The van der Waals surface area contributed by atoms with Crippen LogP contribution in [0.3, 0.4) is 0 Å². The molecule has 0 atom stereocenters. The molecule has 1 aromatic heterocycles. The minimum atomic E-state index is 0.818. The van der Waals surface area contributed by atoms with Crippen molar-refractivity contribution in [3.63, 3.8) is 0 Å². The van der Waals surface area contributed by atoms with Gasteiger partial charge in [-0.25, -0.2) is 0 Å². The molecular formula is C12H12N2S. The highest BCUT2D eigenvalue weighted by molar-refractivity contribution is 7.99. The average molecular weight is 216 g/mol. The smallest absolute Gasteiger partial charge is 0.0455 e. The zero-order valence-corrected chi connectivity index (χ0v) is 9.29. The van der Waals surface area contributed by atoms with Crippen LogP contribution in [0.5, 0.6) is 0 Å². The molecule has 0 unspecified atom stereocenters. The van der Waals surface area contributed by atoms with Gasteiger partial charge in [-0.1, -0.05) is 23.9 Å². The van der Waals surface area contributed by atoms with E-state index in [0.29, 0.717) is 0 Å². The zero-order valence-electron chi connectivity index (χ0n) is 8.47. The molecule has 2 rings (SSSR count). The van der Waals surface area contributed by atoms with E-state index in [4.69, 9.17) is 5.73 Å². The van der Waals surface area contributed by atoms with Gasteiger partial charge in [0.2, 0.25) is 0 Å². The predicted octanol–water partition coefficient (Wildman–Crippen LogP) is 3.12. The molecular weight excluding hydrogens is 204 g/mol.